The van der Waals surface area contributed by atoms with Crippen molar-refractivity contribution in [2.75, 3.05) is 19.8 Å². The number of benzene rings is 1. The fourth-order valence-electron chi connectivity index (χ4n) is 4.55. The van der Waals surface area contributed by atoms with Gasteiger partial charge in [0.25, 0.3) is 0 Å². The lowest BCUT2D eigenvalue weighted by Gasteiger charge is -2.37. The van der Waals surface area contributed by atoms with Gasteiger partial charge in [0.2, 0.25) is 0 Å². The van der Waals surface area contributed by atoms with Crippen LogP contribution in [0.2, 0.25) is 0 Å². The number of halogens is 1. The molecule has 0 unspecified atom stereocenters. The highest BCUT2D eigenvalue weighted by Crippen LogP contribution is 2.32. The molecule has 0 saturated carbocycles. The number of rotatable bonds is 4. The molecule has 1 aromatic carbocycles. The minimum Gasteiger partial charge on any atom is -0.508 e. The summed E-state index contributed by atoms with van der Waals surface area (Å²) in [5, 5.41) is 9.92. The third-order valence-corrected chi connectivity index (χ3v) is 6.09. The molecule has 2 aromatic heterocycles. The van der Waals surface area contributed by atoms with Gasteiger partial charge in [0.05, 0.1) is 12.4 Å². The summed E-state index contributed by atoms with van der Waals surface area (Å²) in [4.78, 5) is 7.06. The molecule has 2 aliphatic rings. The van der Waals surface area contributed by atoms with Gasteiger partial charge in [-0.15, -0.1) is 0 Å². The third-order valence-electron chi connectivity index (χ3n) is 6.09. The van der Waals surface area contributed by atoms with E-state index in [1.807, 2.05) is 12.1 Å². The van der Waals surface area contributed by atoms with E-state index in [0.29, 0.717) is 5.75 Å². The number of pyridine rings is 1. The van der Waals surface area contributed by atoms with Crippen molar-refractivity contribution in [2.45, 2.75) is 32.2 Å². The fraction of sp³-hybridized carbons (Fsp3) is 0.375. The van der Waals surface area contributed by atoms with Crippen molar-refractivity contribution in [2.24, 2.45) is 5.92 Å². The van der Waals surface area contributed by atoms with E-state index >= 15 is 0 Å². The highest BCUT2D eigenvalue weighted by Gasteiger charge is 2.26. The van der Waals surface area contributed by atoms with Crippen molar-refractivity contribution in [3.8, 4) is 5.75 Å². The Hall–Kier alpha value is -2.66. The molecule has 0 atom stereocenters. The van der Waals surface area contributed by atoms with E-state index in [1.54, 1.807) is 6.07 Å². The molecule has 1 aliphatic carbocycles. The summed E-state index contributed by atoms with van der Waals surface area (Å²) in [6.45, 7) is 2.20. The van der Waals surface area contributed by atoms with E-state index < -0.39 is 0 Å². The van der Waals surface area contributed by atoms with Crippen LogP contribution < -0.4 is 0 Å². The van der Waals surface area contributed by atoms with Gasteiger partial charge in [0.15, 0.2) is 0 Å². The van der Waals surface area contributed by atoms with Gasteiger partial charge < -0.3 is 9.51 Å². The van der Waals surface area contributed by atoms with Gasteiger partial charge >= 0.3 is 0 Å². The van der Waals surface area contributed by atoms with Crippen molar-refractivity contribution >= 4 is 11.2 Å². The van der Waals surface area contributed by atoms with Gasteiger partial charge in [-0.1, -0.05) is 12.1 Å². The number of allylic oxidation sites excluding steroid dienone is 1. The van der Waals surface area contributed by atoms with Crippen molar-refractivity contribution in [1.82, 2.24) is 14.3 Å². The highest BCUT2D eigenvalue weighted by molar-refractivity contribution is 5.83. The summed E-state index contributed by atoms with van der Waals surface area (Å²) in [5.41, 5.74) is 6.75. The first kappa shape index (κ1) is 18.4. The molecule has 1 aliphatic heterocycles. The zero-order chi connectivity index (χ0) is 19.8. The Morgan fingerprint density at radius 3 is 2.90 bits per heavy atom. The van der Waals surface area contributed by atoms with Crippen molar-refractivity contribution in [1.29, 1.82) is 0 Å². The van der Waals surface area contributed by atoms with E-state index in [1.165, 1.54) is 16.7 Å². The number of imidazole rings is 1. The summed E-state index contributed by atoms with van der Waals surface area (Å²) in [5.74, 6) is 0.530. The summed E-state index contributed by atoms with van der Waals surface area (Å²) >= 11 is 0. The Kier molecular flexibility index (Phi) is 4.84. The number of hydrogen-bond acceptors (Lipinski definition) is 3. The third kappa shape index (κ3) is 3.67. The molecule has 0 bridgehead atoms. The Morgan fingerprint density at radius 2 is 2.03 bits per heavy atom. The lowest BCUT2D eigenvalue weighted by molar-refractivity contribution is 0.0727. The molecular weight excluding hydrogens is 365 g/mol. The molecule has 0 amide bonds. The normalized spacial score (nSPS) is 19.8. The van der Waals surface area contributed by atoms with Gasteiger partial charge in [-0.3, -0.25) is 9.29 Å². The lowest BCUT2D eigenvalue weighted by Crippen LogP contribution is -2.46. The van der Waals surface area contributed by atoms with Crippen LogP contribution in [0.25, 0.3) is 11.2 Å². The summed E-state index contributed by atoms with van der Waals surface area (Å²) in [6.07, 6.45) is 10.8. The molecule has 1 fully saturated rings. The summed E-state index contributed by atoms with van der Waals surface area (Å²) < 4.78 is 14.7. The molecule has 5 rings (SSSR count). The second kappa shape index (κ2) is 7.64. The molecule has 3 heterocycles. The predicted molar refractivity (Wildman–Crippen MR) is 113 cm³/mol. The number of fused-ring (bicyclic) bond motifs is 2. The number of phenols is 1. The molecule has 0 spiro atoms. The van der Waals surface area contributed by atoms with Gasteiger partial charge in [-0.25, -0.2) is 4.98 Å². The lowest BCUT2D eigenvalue weighted by atomic mass is 9.88. The van der Waals surface area contributed by atoms with Crippen LogP contribution >= 0.6 is 0 Å². The molecule has 1 N–H and O–H groups in total. The molecule has 1 saturated heterocycles. The Morgan fingerprint density at radius 1 is 1.14 bits per heavy atom. The maximum absolute atomic E-state index is 12.7. The van der Waals surface area contributed by atoms with Crippen LogP contribution in [0.3, 0.4) is 0 Å². The molecule has 5 heteroatoms. The van der Waals surface area contributed by atoms with Crippen LogP contribution in [0.4, 0.5) is 4.39 Å². The van der Waals surface area contributed by atoms with Gasteiger partial charge in [0, 0.05) is 37.9 Å². The van der Waals surface area contributed by atoms with Crippen LogP contribution in [0.5, 0.6) is 5.75 Å². The van der Waals surface area contributed by atoms with Crippen molar-refractivity contribution in [3.63, 3.8) is 0 Å². The molecule has 150 valence electrons. The van der Waals surface area contributed by atoms with Crippen molar-refractivity contribution in [3.05, 3.63) is 71.2 Å². The first-order chi connectivity index (χ1) is 14.2. The van der Waals surface area contributed by atoms with E-state index in [4.69, 9.17) is 4.98 Å². The number of aromatic hydroxyl groups is 1. The number of aromatic nitrogens is 2. The second-order valence-corrected chi connectivity index (χ2v) is 8.33. The number of hydrogen-bond donors (Lipinski definition) is 1. The number of aryl methyl sites for hydroxylation is 1. The summed E-state index contributed by atoms with van der Waals surface area (Å²) in [7, 11) is 0. The van der Waals surface area contributed by atoms with E-state index in [0.717, 1.165) is 62.2 Å². The van der Waals surface area contributed by atoms with Gasteiger partial charge in [0.1, 0.15) is 11.4 Å². The first-order valence-electron chi connectivity index (χ1n) is 10.5. The second-order valence-electron chi connectivity index (χ2n) is 8.33. The maximum atomic E-state index is 12.7. The minimum absolute atomic E-state index is 0.199. The molecule has 3 aromatic rings. The Balaban J connectivity index is 1.45. The SMILES string of the molecule is Oc1ccc2c(c1)CCCC/C=C\2c1ccn2cc(CN3CC(CF)C3)nc2c1. The standard InChI is InChI=1S/C24H26FN3O/c25-12-17-13-27(14-17)15-20-16-28-9-8-19(11-24(28)26-20)22-5-3-1-2-4-18-10-21(29)6-7-23(18)22/h5-11,16-17,29H,1-4,12-15H2/b22-5-. The monoisotopic (exact) mass is 391 g/mol. The number of likely N-dealkylation sites (tertiary alicyclic amines) is 1. The van der Waals surface area contributed by atoms with E-state index in [9.17, 15) is 9.50 Å². The first-order valence-corrected chi connectivity index (χ1v) is 10.5. The summed E-state index contributed by atoms with van der Waals surface area (Å²) in [6, 6.07) is 10.0. The average Bonchev–Trinajstić information content (AvgIpc) is 3.07. The van der Waals surface area contributed by atoms with Gasteiger partial charge in [-0.2, -0.15) is 0 Å². The fourth-order valence-corrected chi connectivity index (χ4v) is 4.55. The van der Waals surface area contributed by atoms with E-state index in [2.05, 4.69) is 39.9 Å². The zero-order valence-electron chi connectivity index (χ0n) is 16.5. The van der Waals surface area contributed by atoms with Crippen LogP contribution in [0, 0.1) is 5.92 Å². The van der Waals surface area contributed by atoms with Crippen LogP contribution in [-0.4, -0.2) is 39.2 Å². The van der Waals surface area contributed by atoms with Crippen LogP contribution in [0.15, 0.2) is 48.8 Å². The average molecular weight is 391 g/mol. The van der Waals surface area contributed by atoms with Gasteiger partial charge in [-0.05, 0) is 72.2 Å². The minimum atomic E-state index is -0.223. The molecule has 4 nitrogen and oxygen atoms in total. The number of phenolic OH excluding ortho intramolecular Hbond substituents is 1. The number of nitrogens with zero attached hydrogens (tertiary/aromatic N) is 3. The Bertz CT molecular complexity index is 1070. The highest BCUT2D eigenvalue weighted by atomic mass is 19.1. The smallest absolute Gasteiger partial charge is 0.137 e. The van der Waals surface area contributed by atoms with E-state index in [-0.39, 0.29) is 12.6 Å². The molecule has 29 heavy (non-hydrogen) atoms. The quantitative estimate of drug-likeness (QED) is 0.707. The predicted octanol–water partition coefficient (Wildman–Crippen LogP) is 4.60. The molecule has 0 radical (unpaired) electrons. The maximum Gasteiger partial charge on any atom is 0.137 e. The largest absolute Gasteiger partial charge is 0.508 e. The molecular formula is C24H26FN3O. The Labute approximate surface area is 170 Å². The van der Waals surface area contributed by atoms with Crippen LogP contribution in [0.1, 0.15) is 41.6 Å². The number of alkyl halides is 1. The van der Waals surface area contributed by atoms with Crippen molar-refractivity contribution < 1.29 is 9.50 Å². The topological polar surface area (TPSA) is 40.8 Å². The van der Waals surface area contributed by atoms with Crippen LogP contribution in [-0.2, 0) is 13.0 Å². The zero-order valence-corrected chi connectivity index (χ0v) is 16.5.